The normalized spacial score (nSPS) is 25.8. The zero-order chi connectivity index (χ0) is 11.8. The van der Waals surface area contributed by atoms with E-state index < -0.39 is 0 Å². The summed E-state index contributed by atoms with van der Waals surface area (Å²) in [5.74, 6) is 0. The number of hydrogen-bond acceptors (Lipinski definition) is 3. The number of ether oxygens (including phenoxy) is 2. The lowest BCUT2D eigenvalue weighted by Gasteiger charge is -2.25. The number of rotatable bonds is 5. The topological polar surface area (TPSA) is 28.3 Å². The van der Waals surface area contributed by atoms with E-state index in [0.29, 0.717) is 12.2 Å². The lowest BCUT2D eigenvalue weighted by Crippen LogP contribution is -2.32. The van der Waals surface area contributed by atoms with Crippen LogP contribution in [0.2, 0.25) is 0 Å². The van der Waals surface area contributed by atoms with Gasteiger partial charge in [0.2, 0.25) is 0 Å². The molecule has 2 saturated heterocycles. The number of epoxide rings is 2. The van der Waals surface area contributed by atoms with Gasteiger partial charge in [-0.1, -0.05) is 12.1 Å². The molecule has 17 heavy (non-hydrogen) atoms. The van der Waals surface area contributed by atoms with E-state index in [4.69, 9.17) is 9.47 Å². The van der Waals surface area contributed by atoms with E-state index in [0.717, 1.165) is 26.3 Å². The molecule has 2 aliphatic rings. The fourth-order valence-corrected chi connectivity index (χ4v) is 2.17. The van der Waals surface area contributed by atoms with Gasteiger partial charge in [-0.15, -0.1) is 0 Å². The van der Waals surface area contributed by atoms with Gasteiger partial charge in [-0.3, -0.25) is 0 Å². The Hall–Kier alpha value is -1.06. The SMILES string of the molecule is Cc1ccc(C)c(N(CC2CO2)CC2CO2)c1. The molecule has 0 saturated carbocycles. The van der Waals surface area contributed by atoms with Crippen LogP contribution in [0.1, 0.15) is 11.1 Å². The molecule has 0 aromatic heterocycles. The van der Waals surface area contributed by atoms with Crippen LogP contribution in [0.25, 0.3) is 0 Å². The molecule has 0 aliphatic carbocycles. The molecule has 3 nitrogen and oxygen atoms in total. The minimum atomic E-state index is 0.425. The van der Waals surface area contributed by atoms with Crippen molar-refractivity contribution in [3.8, 4) is 0 Å². The number of benzene rings is 1. The first-order valence-corrected chi connectivity index (χ1v) is 6.28. The first kappa shape index (κ1) is 11.1. The van der Waals surface area contributed by atoms with Gasteiger partial charge in [0.15, 0.2) is 0 Å². The molecular formula is C14H19NO2. The highest BCUT2D eigenvalue weighted by atomic mass is 16.6. The molecule has 1 aromatic carbocycles. The van der Waals surface area contributed by atoms with E-state index in [-0.39, 0.29) is 0 Å². The maximum atomic E-state index is 5.35. The van der Waals surface area contributed by atoms with Gasteiger partial charge in [-0.2, -0.15) is 0 Å². The Morgan fingerprint density at radius 1 is 1.12 bits per heavy atom. The summed E-state index contributed by atoms with van der Waals surface area (Å²) < 4.78 is 10.7. The standard InChI is InChI=1S/C14H19NO2/c1-10-3-4-11(2)14(5-10)15(6-12-8-16-12)7-13-9-17-13/h3-5,12-13H,6-9H2,1-2H3. The van der Waals surface area contributed by atoms with Crippen LogP contribution in [0.15, 0.2) is 18.2 Å². The van der Waals surface area contributed by atoms with Gasteiger partial charge in [-0.05, 0) is 31.0 Å². The fourth-order valence-electron chi connectivity index (χ4n) is 2.17. The van der Waals surface area contributed by atoms with E-state index in [9.17, 15) is 0 Å². The van der Waals surface area contributed by atoms with Crippen molar-refractivity contribution in [3.63, 3.8) is 0 Å². The minimum Gasteiger partial charge on any atom is -0.371 e. The van der Waals surface area contributed by atoms with Gasteiger partial charge in [-0.25, -0.2) is 0 Å². The van der Waals surface area contributed by atoms with Crippen LogP contribution in [0.4, 0.5) is 5.69 Å². The molecule has 3 heteroatoms. The Morgan fingerprint density at radius 3 is 2.24 bits per heavy atom. The zero-order valence-corrected chi connectivity index (χ0v) is 10.5. The Morgan fingerprint density at radius 2 is 1.71 bits per heavy atom. The average Bonchev–Trinajstić information content (AvgIpc) is 3.15. The van der Waals surface area contributed by atoms with Crippen molar-refractivity contribution in [1.29, 1.82) is 0 Å². The summed E-state index contributed by atoms with van der Waals surface area (Å²) >= 11 is 0. The maximum Gasteiger partial charge on any atom is 0.0984 e. The summed E-state index contributed by atoms with van der Waals surface area (Å²) in [5.41, 5.74) is 3.97. The summed E-state index contributed by atoms with van der Waals surface area (Å²) in [6.07, 6.45) is 0.849. The molecule has 2 unspecified atom stereocenters. The van der Waals surface area contributed by atoms with Crippen LogP contribution in [0.3, 0.4) is 0 Å². The first-order chi connectivity index (χ1) is 8.22. The Bertz CT molecular complexity index is 397. The van der Waals surface area contributed by atoms with Crippen molar-refractivity contribution in [2.75, 3.05) is 31.2 Å². The summed E-state index contributed by atoms with van der Waals surface area (Å²) in [7, 11) is 0. The molecular weight excluding hydrogens is 214 g/mol. The Kier molecular flexibility index (Phi) is 2.81. The lowest BCUT2D eigenvalue weighted by atomic mass is 10.1. The molecule has 2 heterocycles. The summed E-state index contributed by atoms with van der Waals surface area (Å²) in [6.45, 7) is 8.11. The van der Waals surface area contributed by atoms with Gasteiger partial charge < -0.3 is 14.4 Å². The monoisotopic (exact) mass is 233 g/mol. The van der Waals surface area contributed by atoms with Crippen LogP contribution in [-0.2, 0) is 9.47 Å². The van der Waals surface area contributed by atoms with Gasteiger partial charge in [0, 0.05) is 18.8 Å². The molecule has 0 N–H and O–H groups in total. The zero-order valence-electron chi connectivity index (χ0n) is 10.5. The predicted molar refractivity (Wildman–Crippen MR) is 67.6 cm³/mol. The third kappa shape index (κ3) is 2.79. The molecule has 1 aromatic rings. The second-order valence-corrected chi connectivity index (χ2v) is 5.11. The molecule has 0 amide bonds. The van der Waals surface area contributed by atoms with E-state index >= 15 is 0 Å². The molecule has 0 spiro atoms. The fraction of sp³-hybridized carbons (Fsp3) is 0.571. The summed E-state index contributed by atoms with van der Waals surface area (Å²) in [5, 5.41) is 0. The van der Waals surface area contributed by atoms with E-state index in [1.165, 1.54) is 16.8 Å². The van der Waals surface area contributed by atoms with Crippen LogP contribution in [0.5, 0.6) is 0 Å². The average molecular weight is 233 g/mol. The molecule has 2 aliphatic heterocycles. The summed E-state index contributed by atoms with van der Waals surface area (Å²) in [6, 6.07) is 6.62. The predicted octanol–water partition coefficient (Wildman–Crippen LogP) is 1.91. The van der Waals surface area contributed by atoms with Crippen LogP contribution < -0.4 is 4.90 Å². The second-order valence-electron chi connectivity index (χ2n) is 5.11. The lowest BCUT2D eigenvalue weighted by molar-refractivity contribution is 0.389. The van der Waals surface area contributed by atoms with Gasteiger partial charge in [0.25, 0.3) is 0 Å². The third-order valence-electron chi connectivity index (χ3n) is 3.36. The number of hydrogen-bond donors (Lipinski definition) is 0. The Labute approximate surface area is 102 Å². The van der Waals surface area contributed by atoms with Crippen molar-refractivity contribution in [2.45, 2.75) is 26.1 Å². The van der Waals surface area contributed by atoms with E-state index in [1.54, 1.807) is 0 Å². The van der Waals surface area contributed by atoms with E-state index in [1.807, 2.05) is 0 Å². The number of aryl methyl sites for hydroxylation is 2. The maximum absolute atomic E-state index is 5.35. The molecule has 2 fully saturated rings. The quantitative estimate of drug-likeness (QED) is 0.727. The first-order valence-electron chi connectivity index (χ1n) is 6.28. The minimum absolute atomic E-state index is 0.425. The molecule has 0 radical (unpaired) electrons. The molecule has 0 bridgehead atoms. The number of anilines is 1. The molecule has 3 rings (SSSR count). The van der Waals surface area contributed by atoms with Gasteiger partial charge >= 0.3 is 0 Å². The van der Waals surface area contributed by atoms with Crippen LogP contribution in [0, 0.1) is 13.8 Å². The van der Waals surface area contributed by atoms with Crippen molar-refractivity contribution in [1.82, 2.24) is 0 Å². The van der Waals surface area contributed by atoms with Crippen LogP contribution in [-0.4, -0.2) is 38.5 Å². The van der Waals surface area contributed by atoms with E-state index in [2.05, 4.69) is 36.9 Å². The molecule has 92 valence electrons. The summed E-state index contributed by atoms with van der Waals surface area (Å²) in [4.78, 5) is 2.41. The van der Waals surface area contributed by atoms with Gasteiger partial charge in [0.1, 0.15) is 0 Å². The Balaban J connectivity index is 1.80. The largest absolute Gasteiger partial charge is 0.371 e. The highest BCUT2D eigenvalue weighted by Gasteiger charge is 2.31. The second kappa shape index (κ2) is 4.31. The highest BCUT2D eigenvalue weighted by molar-refractivity contribution is 5.55. The van der Waals surface area contributed by atoms with Gasteiger partial charge in [0.05, 0.1) is 25.4 Å². The van der Waals surface area contributed by atoms with Crippen molar-refractivity contribution in [2.24, 2.45) is 0 Å². The third-order valence-corrected chi connectivity index (χ3v) is 3.36. The molecule has 2 atom stereocenters. The van der Waals surface area contributed by atoms with Crippen molar-refractivity contribution < 1.29 is 9.47 Å². The van der Waals surface area contributed by atoms with Crippen molar-refractivity contribution >= 4 is 5.69 Å². The van der Waals surface area contributed by atoms with Crippen molar-refractivity contribution in [3.05, 3.63) is 29.3 Å². The van der Waals surface area contributed by atoms with Crippen LogP contribution >= 0.6 is 0 Å². The smallest absolute Gasteiger partial charge is 0.0984 e. The highest BCUT2D eigenvalue weighted by Crippen LogP contribution is 2.26. The number of nitrogens with zero attached hydrogens (tertiary/aromatic N) is 1.